The maximum Gasteiger partial charge on any atom is 0.201 e. The van der Waals surface area contributed by atoms with Gasteiger partial charge in [-0.3, -0.25) is 19.2 Å². The molecule has 0 unspecified atom stereocenters. The van der Waals surface area contributed by atoms with Crippen molar-refractivity contribution in [2.75, 3.05) is 0 Å². The molecule has 0 radical (unpaired) electrons. The number of carbonyl (C=O) groups excluding carboxylic acids is 4. The molecule has 7 N–H and O–H groups in total. The number of aromatic hydroxyl groups is 6. The Bertz CT molecular complexity index is 2020. The topological polar surface area (TPSA) is 210 Å². The molecule has 0 saturated carbocycles. The van der Waals surface area contributed by atoms with E-state index in [1.807, 2.05) is 0 Å². The van der Waals surface area contributed by atoms with Crippen molar-refractivity contribution >= 4 is 23.1 Å². The van der Waals surface area contributed by atoms with Crippen molar-refractivity contribution in [2.45, 2.75) is 26.4 Å². The van der Waals surface area contributed by atoms with E-state index in [2.05, 4.69) is 0 Å². The number of rotatable bonds is 3. The van der Waals surface area contributed by atoms with Crippen LogP contribution in [0.3, 0.4) is 0 Å². The number of phenols is 6. The van der Waals surface area contributed by atoms with Crippen LogP contribution in [0.5, 0.6) is 34.5 Å². The largest absolute Gasteiger partial charge is 0.507 e. The van der Waals surface area contributed by atoms with Crippen molar-refractivity contribution in [2.24, 2.45) is 0 Å². The Balaban J connectivity index is 1.70. The summed E-state index contributed by atoms with van der Waals surface area (Å²) in [6.45, 7) is 3.03. The van der Waals surface area contributed by atoms with E-state index < -0.39 is 108 Å². The van der Waals surface area contributed by atoms with Gasteiger partial charge in [0.25, 0.3) is 0 Å². The van der Waals surface area contributed by atoms with Gasteiger partial charge in [0.2, 0.25) is 11.6 Å². The molecule has 0 bridgehead atoms. The fraction of sp³-hybridized carbons (Fsp3) is 0.125. The van der Waals surface area contributed by atoms with Crippen LogP contribution < -0.4 is 0 Å². The molecule has 0 amide bonds. The molecule has 0 aliphatic heterocycles. The molecule has 216 valence electrons. The van der Waals surface area contributed by atoms with Gasteiger partial charge in [0.15, 0.2) is 11.6 Å². The molecule has 0 aromatic heterocycles. The molecule has 0 fully saturated rings. The number of hydrogen-bond donors (Lipinski definition) is 7. The zero-order valence-electron chi connectivity index (χ0n) is 22.5. The fourth-order valence-electron chi connectivity index (χ4n) is 6.00. The summed E-state index contributed by atoms with van der Waals surface area (Å²) < 4.78 is 0. The van der Waals surface area contributed by atoms with Crippen molar-refractivity contribution in [3.63, 3.8) is 0 Å². The molecule has 0 saturated heterocycles. The summed E-state index contributed by atoms with van der Waals surface area (Å²) in [7, 11) is 0. The average Bonchev–Trinajstić information content (AvgIpc) is 2.89. The maximum absolute atomic E-state index is 14.1. The van der Waals surface area contributed by atoms with Crippen LogP contribution in [0, 0.1) is 6.92 Å². The van der Waals surface area contributed by atoms with Gasteiger partial charge in [0.05, 0.1) is 28.4 Å². The van der Waals surface area contributed by atoms with Gasteiger partial charge in [-0.2, -0.15) is 0 Å². The molecule has 4 aromatic carbocycles. The quantitative estimate of drug-likeness (QED) is 0.161. The number of hydrogen-bond acceptors (Lipinski definition) is 11. The lowest BCUT2D eigenvalue weighted by Crippen LogP contribution is -2.25. The van der Waals surface area contributed by atoms with E-state index >= 15 is 0 Å². The number of benzene rings is 4. The van der Waals surface area contributed by atoms with Crippen LogP contribution in [-0.2, 0) is 6.42 Å². The van der Waals surface area contributed by atoms with Gasteiger partial charge in [0.1, 0.15) is 34.5 Å². The Labute approximate surface area is 242 Å². The first-order valence-corrected chi connectivity index (χ1v) is 13.0. The minimum Gasteiger partial charge on any atom is -0.507 e. The van der Waals surface area contributed by atoms with Gasteiger partial charge in [-0.05, 0) is 55.7 Å². The van der Waals surface area contributed by atoms with Crippen molar-refractivity contribution in [1.29, 1.82) is 0 Å². The first kappa shape index (κ1) is 27.5. The van der Waals surface area contributed by atoms with Gasteiger partial charge in [-0.25, -0.2) is 0 Å². The molecule has 0 heterocycles. The monoisotopic (exact) mass is 582 g/mol. The zero-order valence-corrected chi connectivity index (χ0v) is 22.5. The molecule has 0 spiro atoms. The number of fused-ring (bicyclic) bond motifs is 4. The van der Waals surface area contributed by atoms with Gasteiger partial charge in [-0.1, -0.05) is 0 Å². The molecule has 6 rings (SSSR count). The van der Waals surface area contributed by atoms with E-state index in [0.29, 0.717) is 23.3 Å². The highest BCUT2D eigenvalue weighted by Crippen LogP contribution is 2.52. The van der Waals surface area contributed by atoms with Gasteiger partial charge in [0, 0.05) is 45.5 Å². The summed E-state index contributed by atoms with van der Waals surface area (Å²) in [6, 6.07) is 6.44. The van der Waals surface area contributed by atoms with E-state index in [0.717, 1.165) is 0 Å². The van der Waals surface area contributed by atoms with Crippen molar-refractivity contribution in [3.05, 3.63) is 92.0 Å². The second kappa shape index (κ2) is 9.16. The summed E-state index contributed by atoms with van der Waals surface area (Å²) >= 11 is 0. The summed E-state index contributed by atoms with van der Waals surface area (Å²) in [4.78, 5) is 55.2. The average molecular weight is 583 g/mol. The smallest absolute Gasteiger partial charge is 0.201 e. The molecule has 11 heteroatoms. The van der Waals surface area contributed by atoms with Crippen LogP contribution in [-0.4, -0.2) is 65.0 Å². The number of aliphatic hydroxyl groups is 1. The molecule has 43 heavy (non-hydrogen) atoms. The highest BCUT2D eigenvalue weighted by atomic mass is 16.3. The molecule has 4 aromatic rings. The molecule has 11 nitrogen and oxygen atoms in total. The number of aliphatic hydroxyl groups excluding tert-OH is 1. The van der Waals surface area contributed by atoms with E-state index in [-0.39, 0.29) is 17.5 Å². The van der Waals surface area contributed by atoms with Gasteiger partial charge in [-0.15, -0.1) is 0 Å². The Morgan fingerprint density at radius 1 is 0.488 bits per heavy atom. The lowest BCUT2D eigenvalue weighted by atomic mass is 9.74. The Morgan fingerprint density at radius 3 is 1.35 bits per heavy atom. The molecule has 2 aliphatic rings. The van der Waals surface area contributed by atoms with Crippen LogP contribution in [0.1, 0.15) is 81.7 Å². The number of ketones is 4. The number of carbonyl (C=O) groups is 4. The third kappa shape index (κ3) is 3.78. The van der Waals surface area contributed by atoms with Crippen molar-refractivity contribution < 1.29 is 54.9 Å². The van der Waals surface area contributed by atoms with Gasteiger partial charge >= 0.3 is 0 Å². The number of phenolic OH excluding ortho intramolecular Hbond substituents is 6. The molecule has 2 aliphatic carbocycles. The van der Waals surface area contributed by atoms with Crippen LogP contribution in [0.4, 0.5) is 0 Å². The summed E-state index contributed by atoms with van der Waals surface area (Å²) in [6.07, 6.45) is -0.875. The Hall–Kier alpha value is -5.68. The van der Waals surface area contributed by atoms with E-state index in [9.17, 15) is 54.9 Å². The van der Waals surface area contributed by atoms with E-state index in [4.69, 9.17) is 0 Å². The molecular formula is C32H22O11. The summed E-state index contributed by atoms with van der Waals surface area (Å²) in [5.41, 5.74) is -4.44. The predicted octanol–water partition coefficient (Wildman–Crippen LogP) is 3.37. The normalized spacial score (nSPS) is 14.2. The Morgan fingerprint density at radius 2 is 0.884 bits per heavy atom. The second-order valence-electron chi connectivity index (χ2n) is 10.7. The fourth-order valence-corrected chi connectivity index (χ4v) is 6.00. The lowest BCUT2D eigenvalue weighted by Gasteiger charge is -2.27. The molecular weight excluding hydrogens is 560 g/mol. The minimum absolute atomic E-state index is 0.00184. The van der Waals surface area contributed by atoms with Crippen LogP contribution in [0.2, 0.25) is 0 Å². The third-order valence-electron chi connectivity index (χ3n) is 7.64. The maximum atomic E-state index is 14.1. The highest BCUT2D eigenvalue weighted by molar-refractivity contribution is 6.35. The summed E-state index contributed by atoms with van der Waals surface area (Å²) in [5.74, 6) is -8.41. The lowest BCUT2D eigenvalue weighted by molar-refractivity contribution is 0.0972. The first-order chi connectivity index (χ1) is 20.2. The summed E-state index contributed by atoms with van der Waals surface area (Å²) in [5, 5.41) is 74.6. The van der Waals surface area contributed by atoms with E-state index in [1.54, 1.807) is 6.92 Å². The third-order valence-corrected chi connectivity index (χ3v) is 7.64. The van der Waals surface area contributed by atoms with Crippen LogP contribution >= 0.6 is 0 Å². The number of aryl methyl sites for hydroxylation is 1. The van der Waals surface area contributed by atoms with E-state index in [1.165, 1.54) is 31.2 Å². The van der Waals surface area contributed by atoms with Crippen molar-refractivity contribution in [3.8, 4) is 45.6 Å². The second-order valence-corrected chi connectivity index (χ2v) is 10.7. The first-order valence-electron chi connectivity index (χ1n) is 13.0. The zero-order chi connectivity index (χ0) is 31.2. The SMILES string of the molecule is Cc1cc(O)c2c(c1)C(=O)c1c(c(O)cc(O)c1-c1c(O)cc(O)c3c1C(=O)c1cc(C[C@H](C)O)cc(O)c1C3=O)C2=O. The highest BCUT2D eigenvalue weighted by Gasteiger charge is 2.43. The van der Waals surface area contributed by atoms with Crippen molar-refractivity contribution in [1.82, 2.24) is 0 Å². The van der Waals surface area contributed by atoms with Crippen LogP contribution in [0.15, 0.2) is 36.4 Å². The van der Waals surface area contributed by atoms with Crippen LogP contribution in [0.25, 0.3) is 11.1 Å². The minimum atomic E-state index is -1.01. The predicted molar refractivity (Wildman–Crippen MR) is 149 cm³/mol. The standard InChI is InChI=1S/C32H22O11/c1-10-3-13-21(15(34)4-10)31(42)25-19(38)8-17(36)23(27(25)29(13)40)24-18(37)9-20(39)26-28(24)30(41)14-6-12(5-11(2)33)7-16(35)22(14)32(26)43/h3-4,6-9,11,33-39H,5H2,1-2H3/t11-/m0/s1. The van der Waals surface area contributed by atoms with Gasteiger partial charge < -0.3 is 35.7 Å². The molecule has 1 atom stereocenters. The Kier molecular flexibility index (Phi) is 5.86.